The Labute approximate surface area is 181 Å². The Morgan fingerprint density at radius 1 is 0.903 bits per heavy atom. The van der Waals surface area contributed by atoms with E-state index in [0.29, 0.717) is 28.4 Å². The Balaban J connectivity index is 1.64. The van der Waals surface area contributed by atoms with Crippen molar-refractivity contribution in [2.75, 3.05) is 43.3 Å². The lowest BCUT2D eigenvalue weighted by Gasteiger charge is -2.18. The number of methoxy groups -OCH3 is 2. The Hall–Kier alpha value is -4.00. The summed E-state index contributed by atoms with van der Waals surface area (Å²) in [4.78, 5) is 26.8. The van der Waals surface area contributed by atoms with Crippen LogP contribution in [0.25, 0.3) is 0 Å². The quantitative estimate of drug-likeness (QED) is 0.576. The predicted molar refractivity (Wildman–Crippen MR) is 122 cm³/mol. The number of carbonyl (C=O) groups is 2. The summed E-state index contributed by atoms with van der Waals surface area (Å²) in [7, 11) is 4.85. The van der Waals surface area contributed by atoms with Crippen molar-refractivity contribution in [2.24, 2.45) is 0 Å². The third-order valence-electron chi connectivity index (χ3n) is 4.69. The second-order valence-corrected chi connectivity index (χ2v) is 6.75. The number of anilines is 3. The lowest BCUT2D eigenvalue weighted by atomic mass is 10.1. The van der Waals surface area contributed by atoms with E-state index in [0.717, 1.165) is 5.69 Å². The van der Waals surface area contributed by atoms with E-state index < -0.39 is 0 Å². The number of nitrogens with zero attached hydrogens (tertiary/aromatic N) is 1. The Morgan fingerprint density at radius 2 is 1.68 bits per heavy atom. The first kappa shape index (κ1) is 21.7. The molecule has 0 aliphatic carbocycles. The molecule has 7 heteroatoms. The fourth-order valence-electron chi connectivity index (χ4n) is 3.03. The number of hydrogen-bond acceptors (Lipinski definition) is 5. The van der Waals surface area contributed by atoms with Gasteiger partial charge in [-0.05, 0) is 42.5 Å². The molecule has 0 aliphatic heterocycles. The van der Waals surface area contributed by atoms with Crippen LogP contribution in [0.15, 0.2) is 72.8 Å². The minimum Gasteiger partial charge on any atom is -0.497 e. The van der Waals surface area contributed by atoms with Crippen LogP contribution in [-0.2, 0) is 4.79 Å². The molecule has 160 valence electrons. The van der Waals surface area contributed by atoms with Gasteiger partial charge < -0.3 is 25.0 Å². The first-order valence-electron chi connectivity index (χ1n) is 9.70. The SMILES string of the molecule is COc1ccc(OC)c(NCC(=O)Nc2cccc(C(=O)N(C)c3ccccc3)c2)c1. The van der Waals surface area contributed by atoms with Gasteiger partial charge in [-0.1, -0.05) is 24.3 Å². The summed E-state index contributed by atoms with van der Waals surface area (Å²) in [6, 6.07) is 21.5. The lowest BCUT2D eigenvalue weighted by Crippen LogP contribution is -2.26. The number of rotatable bonds is 8. The first-order valence-corrected chi connectivity index (χ1v) is 9.70. The summed E-state index contributed by atoms with van der Waals surface area (Å²) in [5, 5.41) is 5.85. The van der Waals surface area contributed by atoms with Crippen LogP contribution in [0, 0.1) is 0 Å². The van der Waals surface area contributed by atoms with Crippen molar-refractivity contribution < 1.29 is 19.1 Å². The smallest absolute Gasteiger partial charge is 0.258 e. The van der Waals surface area contributed by atoms with Crippen molar-refractivity contribution in [2.45, 2.75) is 0 Å². The minimum absolute atomic E-state index is 0.0195. The average molecular weight is 419 g/mol. The van der Waals surface area contributed by atoms with Crippen molar-refractivity contribution in [3.8, 4) is 11.5 Å². The van der Waals surface area contributed by atoms with Gasteiger partial charge in [0.25, 0.3) is 5.91 Å². The second kappa shape index (κ2) is 10.2. The van der Waals surface area contributed by atoms with Gasteiger partial charge in [0.15, 0.2) is 0 Å². The largest absolute Gasteiger partial charge is 0.497 e. The third kappa shape index (κ3) is 5.54. The molecule has 0 spiro atoms. The molecule has 0 saturated heterocycles. The number of para-hydroxylation sites is 1. The normalized spacial score (nSPS) is 10.2. The molecule has 2 N–H and O–H groups in total. The first-order chi connectivity index (χ1) is 15.0. The van der Waals surface area contributed by atoms with Crippen molar-refractivity contribution in [3.05, 3.63) is 78.4 Å². The van der Waals surface area contributed by atoms with Gasteiger partial charge in [-0.25, -0.2) is 0 Å². The predicted octanol–water partition coefficient (Wildman–Crippen LogP) is 4.03. The van der Waals surface area contributed by atoms with Crippen LogP contribution < -0.4 is 25.0 Å². The number of amides is 2. The summed E-state index contributed by atoms with van der Waals surface area (Å²) >= 11 is 0. The molecule has 3 rings (SSSR count). The van der Waals surface area contributed by atoms with E-state index in [4.69, 9.17) is 9.47 Å². The second-order valence-electron chi connectivity index (χ2n) is 6.75. The molecule has 7 nitrogen and oxygen atoms in total. The highest BCUT2D eigenvalue weighted by Crippen LogP contribution is 2.28. The van der Waals surface area contributed by atoms with Crippen LogP contribution in [0.1, 0.15) is 10.4 Å². The monoisotopic (exact) mass is 419 g/mol. The van der Waals surface area contributed by atoms with Crippen molar-refractivity contribution in [1.82, 2.24) is 0 Å². The lowest BCUT2D eigenvalue weighted by molar-refractivity contribution is -0.114. The van der Waals surface area contributed by atoms with Gasteiger partial charge in [-0.2, -0.15) is 0 Å². The molecule has 0 aromatic heterocycles. The van der Waals surface area contributed by atoms with Gasteiger partial charge in [0.1, 0.15) is 11.5 Å². The fraction of sp³-hybridized carbons (Fsp3) is 0.167. The maximum absolute atomic E-state index is 12.8. The highest BCUT2D eigenvalue weighted by atomic mass is 16.5. The molecule has 31 heavy (non-hydrogen) atoms. The molecule has 2 amide bonds. The number of nitrogens with one attached hydrogen (secondary N) is 2. The standard InChI is InChI=1S/C24H25N3O4/c1-27(19-10-5-4-6-11-19)24(29)17-8-7-9-18(14-17)26-23(28)16-25-21-15-20(30-2)12-13-22(21)31-3/h4-15,25H,16H2,1-3H3,(H,26,28). The maximum atomic E-state index is 12.8. The molecular formula is C24H25N3O4. The summed E-state index contributed by atoms with van der Waals surface area (Å²) in [5.41, 5.74) is 2.45. The van der Waals surface area contributed by atoms with Crippen LogP contribution in [0.5, 0.6) is 11.5 Å². The molecule has 0 unspecified atom stereocenters. The molecule has 0 atom stereocenters. The van der Waals surface area contributed by atoms with Crippen LogP contribution in [0.4, 0.5) is 17.1 Å². The number of hydrogen-bond donors (Lipinski definition) is 2. The molecule has 0 bridgehead atoms. The van der Waals surface area contributed by atoms with Crippen LogP contribution >= 0.6 is 0 Å². The summed E-state index contributed by atoms with van der Waals surface area (Å²) in [5.74, 6) is 0.829. The summed E-state index contributed by atoms with van der Waals surface area (Å²) in [6.07, 6.45) is 0. The highest BCUT2D eigenvalue weighted by Gasteiger charge is 2.14. The fourth-order valence-corrected chi connectivity index (χ4v) is 3.03. The molecule has 0 fully saturated rings. The molecule has 0 heterocycles. The van der Waals surface area contributed by atoms with Gasteiger partial charge in [0.2, 0.25) is 5.91 Å². The Kier molecular flexibility index (Phi) is 7.11. The third-order valence-corrected chi connectivity index (χ3v) is 4.69. The molecule has 0 radical (unpaired) electrons. The van der Waals surface area contributed by atoms with E-state index in [9.17, 15) is 9.59 Å². The molecule has 0 saturated carbocycles. The van der Waals surface area contributed by atoms with E-state index in [1.807, 2.05) is 30.3 Å². The Bertz CT molecular complexity index is 1050. The van der Waals surface area contributed by atoms with Crippen LogP contribution in [0.2, 0.25) is 0 Å². The van der Waals surface area contributed by atoms with Gasteiger partial charge in [-0.3, -0.25) is 9.59 Å². The number of benzene rings is 3. The zero-order chi connectivity index (χ0) is 22.2. The van der Waals surface area contributed by atoms with E-state index >= 15 is 0 Å². The van der Waals surface area contributed by atoms with Gasteiger partial charge in [0.05, 0.1) is 26.5 Å². The van der Waals surface area contributed by atoms with Gasteiger partial charge in [-0.15, -0.1) is 0 Å². The van der Waals surface area contributed by atoms with Crippen molar-refractivity contribution >= 4 is 28.9 Å². The maximum Gasteiger partial charge on any atom is 0.258 e. The molecule has 0 aliphatic rings. The van der Waals surface area contributed by atoms with E-state index in [1.54, 1.807) is 68.6 Å². The minimum atomic E-state index is -0.258. The molecular weight excluding hydrogens is 394 g/mol. The van der Waals surface area contributed by atoms with Crippen LogP contribution in [-0.4, -0.2) is 39.6 Å². The zero-order valence-electron chi connectivity index (χ0n) is 17.7. The van der Waals surface area contributed by atoms with Crippen LogP contribution in [0.3, 0.4) is 0 Å². The summed E-state index contributed by atoms with van der Waals surface area (Å²) < 4.78 is 10.5. The molecule has 3 aromatic rings. The highest BCUT2D eigenvalue weighted by molar-refractivity contribution is 6.06. The summed E-state index contributed by atoms with van der Waals surface area (Å²) in [6.45, 7) is 0.0195. The van der Waals surface area contributed by atoms with E-state index in [1.165, 1.54) is 0 Å². The van der Waals surface area contributed by atoms with E-state index in [2.05, 4.69) is 10.6 Å². The topological polar surface area (TPSA) is 79.9 Å². The Morgan fingerprint density at radius 3 is 2.39 bits per heavy atom. The van der Waals surface area contributed by atoms with E-state index in [-0.39, 0.29) is 18.4 Å². The molecule has 3 aromatic carbocycles. The van der Waals surface area contributed by atoms with Crippen molar-refractivity contribution in [3.63, 3.8) is 0 Å². The van der Waals surface area contributed by atoms with Gasteiger partial charge in [0, 0.05) is 30.1 Å². The van der Waals surface area contributed by atoms with Gasteiger partial charge >= 0.3 is 0 Å². The average Bonchev–Trinajstić information content (AvgIpc) is 2.82. The van der Waals surface area contributed by atoms with Crippen molar-refractivity contribution in [1.29, 1.82) is 0 Å². The number of carbonyl (C=O) groups excluding carboxylic acids is 2. The zero-order valence-corrected chi connectivity index (χ0v) is 17.7. The number of ether oxygens (including phenoxy) is 2.